The van der Waals surface area contributed by atoms with Crippen LogP contribution in [0.1, 0.15) is 50.6 Å². The average molecular weight is 515 g/mol. The smallest absolute Gasteiger partial charge is 0.319 e. The van der Waals surface area contributed by atoms with E-state index in [4.69, 9.17) is 9.47 Å². The van der Waals surface area contributed by atoms with Crippen molar-refractivity contribution in [1.29, 1.82) is 0 Å². The summed E-state index contributed by atoms with van der Waals surface area (Å²) in [5.74, 6) is 2.93. The van der Waals surface area contributed by atoms with Gasteiger partial charge in [0.2, 0.25) is 0 Å². The molecule has 3 aromatic rings. The van der Waals surface area contributed by atoms with Gasteiger partial charge in [0.25, 0.3) is 0 Å². The fourth-order valence-electron chi connectivity index (χ4n) is 6.01. The molecule has 3 aliphatic rings. The van der Waals surface area contributed by atoms with Crippen molar-refractivity contribution in [1.82, 2.24) is 15.2 Å². The van der Waals surface area contributed by atoms with Crippen molar-refractivity contribution in [3.05, 3.63) is 60.4 Å². The summed E-state index contributed by atoms with van der Waals surface area (Å²) in [6.45, 7) is 4.25. The predicted octanol–water partition coefficient (Wildman–Crippen LogP) is 6.34. The van der Waals surface area contributed by atoms with E-state index in [1.54, 1.807) is 6.20 Å². The first kappa shape index (κ1) is 25.1. The number of fused-ring (bicyclic) bond motifs is 1. The zero-order valence-corrected chi connectivity index (χ0v) is 22.0. The monoisotopic (exact) mass is 514 g/mol. The molecule has 2 N–H and O–H groups in total. The second kappa shape index (κ2) is 11.7. The molecule has 2 heterocycles. The molecule has 1 aromatic heterocycles. The molecule has 2 amide bonds. The first-order valence-electron chi connectivity index (χ1n) is 14.2. The minimum atomic E-state index is -0.125. The number of hydrogen-bond acceptors (Lipinski definition) is 5. The van der Waals surface area contributed by atoms with Crippen molar-refractivity contribution in [2.45, 2.75) is 57.5 Å². The Balaban J connectivity index is 1.07. The molecule has 1 saturated heterocycles. The molecule has 7 heteroatoms. The maximum atomic E-state index is 12.8. The molecule has 7 nitrogen and oxygen atoms in total. The number of ether oxygens (including phenoxy) is 2. The number of anilines is 1. The van der Waals surface area contributed by atoms with Crippen LogP contribution in [0.3, 0.4) is 0 Å². The second-order valence-corrected chi connectivity index (χ2v) is 11.1. The van der Waals surface area contributed by atoms with E-state index < -0.39 is 0 Å². The molecule has 2 aliphatic carbocycles. The number of aromatic nitrogens is 1. The summed E-state index contributed by atoms with van der Waals surface area (Å²) in [6.07, 6.45) is 11.0. The molecule has 0 radical (unpaired) electrons. The topological polar surface area (TPSA) is 75.7 Å². The van der Waals surface area contributed by atoms with Crippen molar-refractivity contribution in [2.24, 2.45) is 11.8 Å². The lowest BCUT2D eigenvalue weighted by atomic mass is 9.85. The van der Waals surface area contributed by atoms with Crippen molar-refractivity contribution in [3.8, 4) is 11.5 Å². The van der Waals surface area contributed by atoms with Gasteiger partial charge in [-0.25, -0.2) is 4.79 Å². The van der Waals surface area contributed by atoms with Gasteiger partial charge in [0.15, 0.2) is 0 Å². The number of urea groups is 1. The number of pyridine rings is 1. The van der Waals surface area contributed by atoms with Gasteiger partial charge in [-0.3, -0.25) is 9.88 Å². The second-order valence-electron chi connectivity index (χ2n) is 11.1. The quantitative estimate of drug-likeness (QED) is 0.367. The summed E-state index contributed by atoms with van der Waals surface area (Å²) in [4.78, 5) is 19.8. The van der Waals surface area contributed by atoms with Crippen LogP contribution in [0, 0.1) is 11.8 Å². The molecule has 2 unspecified atom stereocenters. The van der Waals surface area contributed by atoms with Crippen molar-refractivity contribution in [2.75, 3.05) is 31.6 Å². The zero-order valence-electron chi connectivity index (χ0n) is 22.0. The average Bonchev–Trinajstić information content (AvgIpc) is 3.68. The van der Waals surface area contributed by atoms with Crippen LogP contribution in [0.15, 0.2) is 54.7 Å². The van der Waals surface area contributed by atoms with Gasteiger partial charge in [0.05, 0.1) is 30.8 Å². The van der Waals surface area contributed by atoms with Crippen LogP contribution in [0.4, 0.5) is 10.5 Å². The predicted molar refractivity (Wildman–Crippen MR) is 150 cm³/mol. The summed E-state index contributed by atoms with van der Waals surface area (Å²) < 4.78 is 11.7. The van der Waals surface area contributed by atoms with E-state index in [-0.39, 0.29) is 6.03 Å². The SMILES string of the molecule is O=C(Nc1ccc(Oc2ccc(CN3CCOCC3)nc2)c2ccccc12)NC1CC1CC1CCCCC1. The normalized spacial score (nSPS) is 22.2. The van der Waals surface area contributed by atoms with Crippen LogP contribution in [-0.2, 0) is 11.3 Å². The van der Waals surface area contributed by atoms with E-state index in [9.17, 15) is 4.79 Å². The van der Waals surface area contributed by atoms with Crippen molar-refractivity contribution < 1.29 is 14.3 Å². The fourth-order valence-corrected chi connectivity index (χ4v) is 6.01. The molecule has 1 aliphatic heterocycles. The van der Waals surface area contributed by atoms with E-state index in [1.807, 2.05) is 48.5 Å². The Morgan fingerprint density at radius 3 is 2.61 bits per heavy atom. The third-order valence-corrected chi connectivity index (χ3v) is 8.25. The summed E-state index contributed by atoms with van der Waals surface area (Å²) >= 11 is 0. The molecular weight excluding hydrogens is 476 g/mol. The van der Waals surface area contributed by atoms with Gasteiger partial charge in [-0.15, -0.1) is 0 Å². The minimum absolute atomic E-state index is 0.125. The number of amides is 2. The summed E-state index contributed by atoms with van der Waals surface area (Å²) in [5, 5.41) is 8.18. The Morgan fingerprint density at radius 2 is 1.82 bits per heavy atom. The van der Waals surface area contributed by atoms with E-state index in [0.29, 0.717) is 17.7 Å². The number of benzene rings is 2. The van der Waals surface area contributed by atoms with Crippen LogP contribution in [0.2, 0.25) is 0 Å². The van der Waals surface area contributed by atoms with E-state index in [0.717, 1.165) is 73.1 Å². The molecule has 2 saturated carbocycles. The molecule has 3 fully saturated rings. The highest BCUT2D eigenvalue weighted by atomic mass is 16.5. The maximum absolute atomic E-state index is 12.8. The van der Waals surface area contributed by atoms with E-state index >= 15 is 0 Å². The molecule has 200 valence electrons. The van der Waals surface area contributed by atoms with Gasteiger partial charge < -0.3 is 20.1 Å². The Hall–Kier alpha value is -3.16. The van der Waals surface area contributed by atoms with Gasteiger partial charge in [-0.05, 0) is 48.9 Å². The summed E-state index contributed by atoms with van der Waals surface area (Å²) in [7, 11) is 0. The Morgan fingerprint density at radius 1 is 1.00 bits per heavy atom. The third-order valence-electron chi connectivity index (χ3n) is 8.25. The highest BCUT2D eigenvalue weighted by molar-refractivity contribution is 6.04. The molecular formula is C31H38N4O3. The number of carbonyl (C=O) groups is 1. The maximum Gasteiger partial charge on any atom is 0.319 e. The van der Waals surface area contributed by atoms with Crippen LogP contribution in [0.25, 0.3) is 10.8 Å². The van der Waals surface area contributed by atoms with Gasteiger partial charge in [0, 0.05) is 36.4 Å². The number of rotatable bonds is 8. The zero-order chi connectivity index (χ0) is 25.7. The van der Waals surface area contributed by atoms with Gasteiger partial charge in [-0.1, -0.05) is 56.4 Å². The lowest BCUT2D eigenvalue weighted by molar-refractivity contribution is 0.0336. The molecule has 6 rings (SSSR count). The number of nitrogens with one attached hydrogen (secondary N) is 2. The first-order valence-corrected chi connectivity index (χ1v) is 14.2. The Bertz CT molecular complexity index is 1240. The first-order chi connectivity index (χ1) is 18.7. The van der Waals surface area contributed by atoms with Crippen LogP contribution in [0.5, 0.6) is 11.5 Å². The van der Waals surface area contributed by atoms with Crippen molar-refractivity contribution >= 4 is 22.5 Å². The van der Waals surface area contributed by atoms with E-state index in [2.05, 4.69) is 20.5 Å². The summed E-state index contributed by atoms with van der Waals surface area (Å²) in [5.41, 5.74) is 1.81. The van der Waals surface area contributed by atoms with Gasteiger partial charge in [-0.2, -0.15) is 0 Å². The fraction of sp³-hybridized carbons (Fsp3) is 0.484. The number of morpholine rings is 1. The molecule has 38 heavy (non-hydrogen) atoms. The highest BCUT2D eigenvalue weighted by Crippen LogP contribution is 2.40. The number of hydrogen-bond donors (Lipinski definition) is 2. The van der Waals surface area contributed by atoms with Crippen LogP contribution >= 0.6 is 0 Å². The number of carbonyl (C=O) groups excluding carboxylic acids is 1. The molecule has 0 bridgehead atoms. The minimum Gasteiger partial charge on any atom is -0.455 e. The Labute approximate surface area is 224 Å². The lowest BCUT2D eigenvalue weighted by Gasteiger charge is -2.26. The largest absolute Gasteiger partial charge is 0.455 e. The Kier molecular flexibility index (Phi) is 7.74. The van der Waals surface area contributed by atoms with E-state index in [1.165, 1.54) is 38.5 Å². The lowest BCUT2D eigenvalue weighted by Crippen LogP contribution is -2.35. The standard InChI is InChI=1S/C31H38N4O3/c36-31(34-29-19-23(29)18-22-6-2-1-3-7-22)33-28-12-13-30(27-9-5-4-8-26(27)28)38-25-11-10-24(32-20-25)21-35-14-16-37-17-15-35/h4-5,8-13,20,22-23,29H,1-3,6-7,14-19,21H2,(H2,33,34,36). The molecule has 2 atom stereocenters. The highest BCUT2D eigenvalue weighted by Gasteiger charge is 2.39. The van der Waals surface area contributed by atoms with Crippen LogP contribution in [-0.4, -0.2) is 48.3 Å². The molecule has 0 spiro atoms. The van der Waals surface area contributed by atoms with Crippen LogP contribution < -0.4 is 15.4 Å². The summed E-state index contributed by atoms with van der Waals surface area (Å²) in [6, 6.07) is 16.0. The van der Waals surface area contributed by atoms with Gasteiger partial charge >= 0.3 is 6.03 Å². The van der Waals surface area contributed by atoms with Crippen molar-refractivity contribution in [3.63, 3.8) is 0 Å². The third kappa shape index (κ3) is 6.27. The van der Waals surface area contributed by atoms with Gasteiger partial charge in [0.1, 0.15) is 11.5 Å². The molecule has 2 aromatic carbocycles. The number of nitrogens with zero attached hydrogens (tertiary/aromatic N) is 2.